The summed E-state index contributed by atoms with van der Waals surface area (Å²) in [6.07, 6.45) is 0. The van der Waals surface area contributed by atoms with Gasteiger partial charge in [-0.3, -0.25) is 9.52 Å². The second kappa shape index (κ2) is 8.59. The lowest BCUT2D eigenvalue weighted by molar-refractivity contribution is 0.102. The van der Waals surface area contributed by atoms with Gasteiger partial charge in [-0.2, -0.15) is 0 Å². The molecule has 6 nitrogen and oxygen atoms in total. The summed E-state index contributed by atoms with van der Waals surface area (Å²) in [4.78, 5) is 12.6. The van der Waals surface area contributed by atoms with Crippen LogP contribution in [-0.2, 0) is 10.0 Å². The fraction of sp³-hybridized carbons (Fsp3) is 0.174. The molecule has 3 rings (SSSR count). The maximum atomic E-state index is 12.9. The van der Waals surface area contributed by atoms with Crippen molar-refractivity contribution in [2.45, 2.75) is 25.7 Å². The van der Waals surface area contributed by atoms with E-state index in [2.05, 4.69) is 10.0 Å². The van der Waals surface area contributed by atoms with Crippen molar-refractivity contribution in [3.63, 3.8) is 0 Å². The molecule has 0 bridgehead atoms. The summed E-state index contributed by atoms with van der Waals surface area (Å²) >= 11 is 0. The van der Waals surface area contributed by atoms with Gasteiger partial charge in [-0.05, 0) is 68.3 Å². The molecule has 0 saturated heterocycles. The monoisotopic (exact) mass is 424 g/mol. The highest BCUT2D eigenvalue weighted by molar-refractivity contribution is 7.92. The summed E-state index contributed by atoms with van der Waals surface area (Å²) < 4.78 is 33.8. The molecule has 0 fully saturated rings. The Morgan fingerprint density at radius 1 is 0.833 bits per heavy atom. The smallest absolute Gasteiger partial charge is 0.261 e. The second-order valence-electron chi connectivity index (χ2n) is 7.11. The van der Waals surface area contributed by atoms with Crippen LogP contribution >= 0.6 is 0 Å². The first-order valence-corrected chi connectivity index (χ1v) is 10.8. The topological polar surface area (TPSA) is 84.5 Å². The van der Waals surface area contributed by atoms with E-state index in [1.807, 2.05) is 45.0 Å². The van der Waals surface area contributed by atoms with Crippen molar-refractivity contribution in [3.8, 4) is 5.75 Å². The molecule has 0 aromatic heterocycles. The molecule has 7 heteroatoms. The normalized spacial score (nSPS) is 11.1. The number of hydrogen-bond acceptors (Lipinski definition) is 4. The number of benzene rings is 3. The molecule has 1 amide bonds. The van der Waals surface area contributed by atoms with E-state index in [1.54, 1.807) is 18.2 Å². The van der Waals surface area contributed by atoms with Crippen molar-refractivity contribution in [1.82, 2.24) is 0 Å². The van der Waals surface area contributed by atoms with Gasteiger partial charge in [0.2, 0.25) is 0 Å². The first-order chi connectivity index (χ1) is 14.2. The first kappa shape index (κ1) is 21.4. The minimum absolute atomic E-state index is 0.0170. The number of aryl methyl sites for hydroxylation is 3. The summed E-state index contributed by atoms with van der Waals surface area (Å²) in [7, 11) is -2.41. The molecule has 156 valence electrons. The molecule has 0 radical (unpaired) electrons. The van der Waals surface area contributed by atoms with Gasteiger partial charge in [0.25, 0.3) is 15.9 Å². The minimum atomic E-state index is -3.86. The van der Waals surface area contributed by atoms with E-state index in [-0.39, 0.29) is 16.5 Å². The molecule has 3 aromatic rings. The van der Waals surface area contributed by atoms with Gasteiger partial charge in [0.15, 0.2) is 0 Å². The van der Waals surface area contributed by atoms with Gasteiger partial charge in [-0.25, -0.2) is 8.42 Å². The predicted molar refractivity (Wildman–Crippen MR) is 119 cm³/mol. The summed E-state index contributed by atoms with van der Waals surface area (Å²) in [5.41, 5.74) is 4.03. The number of hydrogen-bond donors (Lipinski definition) is 2. The fourth-order valence-electron chi connectivity index (χ4n) is 2.90. The standard InChI is InChI=1S/C23H24N2O4S/c1-15-6-9-18(10-7-15)23(26)24-21-14-19(11-12-22(21)29-4)30(27,28)25-20-13-16(2)5-8-17(20)3/h5-14,25H,1-4H3,(H,24,26). The third kappa shape index (κ3) is 4.80. The molecule has 0 saturated carbocycles. The zero-order valence-electron chi connectivity index (χ0n) is 17.3. The maximum Gasteiger partial charge on any atom is 0.261 e. The SMILES string of the molecule is COc1ccc(S(=O)(=O)Nc2cc(C)ccc2C)cc1NC(=O)c1ccc(C)cc1. The lowest BCUT2D eigenvalue weighted by Crippen LogP contribution is -2.16. The second-order valence-corrected chi connectivity index (χ2v) is 8.79. The van der Waals surface area contributed by atoms with E-state index in [1.165, 1.54) is 25.3 Å². The zero-order valence-corrected chi connectivity index (χ0v) is 18.1. The summed E-state index contributed by atoms with van der Waals surface area (Å²) in [6, 6.07) is 17.0. The maximum absolute atomic E-state index is 12.9. The Labute approximate surface area is 177 Å². The number of amides is 1. The number of rotatable bonds is 6. The van der Waals surface area contributed by atoms with Crippen molar-refractivity contribution in [2.24, 2.45) is 0 Å². The quantitative estimate of drug-likeness (QED) is 0.602. The van der Waals surface area contributed by atoms with Crippen LogP contribution < -0.4 is 14.8 Å². The molecule has 0 unspecified atom stereocenters. The van der Waals surface area contributed by atoms with E-state index >= 15 is 0 Å². The van der Waals surface area contributed by atoms with Crippen LogP contribution in [0.15, 0.2) is 65.6 Å². The average molecular weight is 425 g/mol. The van der Waals surface area contributed by atoms with Crippen LogP contribution in [0.5, 0.6) is 5.75 Å². The first-order valence-electron chi connectivity index (χ1n) is 9.36. The highest BCUT2D eigenvalue weighted by Gasteiger charge is 2.19. The molecule has 0 aliphatic heterocycles. The highest BCUT2D eigenvalue weighted by Crippen LogP contribution is 2.29. The van der Waals surface area contributed by atoms with Crippen LogP contribution in [0.25, 0.3) is 0 Å². The van der Waals surface area contributed by atoms with Gasteiger partial charge in [-0.1, -0.05) is 29.8 Å². The minimum Gasteiger partial charge on any atom is -0.495 e. The van der Waals surface area contributed by atoms with Crippen molar-refractivity contribution in [3.05, 3.63) is 82.9 Å². The number of carbonyl (C=O) groups is 1. The Hall–Kier alpha value is -3.32. The lowest BCUT2D eigenvalue weighted by Gasteiger charge is -2.15. The van der Waals surface area contributed by atoms with Crippen molar-refractivity contribution in [1.29, 1.82) is 0 Å². The zero-order chi connectivity index (χ0) is 21.9. The van der Waals surface area contributed by atoms with Crippen LogP contribution in [0.2, 0.25) is 0 Å². The molecule has 30 heavy (non-hydrogen) atoms. The van der Waals surface area contributed by atoms with Crippen molar-refractivity contribution < 1.29 is 17.9 Å². The van der Waals surface area contributed by atoms with Crippen LogP contribution in [0.1, 0.15) is 27.0 Å². The summed E-state index contributed by atoms with van der Waals surface area (Å²) in [5, 5.41) is 2.74. The third-order valence-electron chi connectivity index (χ3n) is 4.68. The highest BCUT2D eigenvalue weighted by atomic mass is 32.2. The van der Waals surface area contributed by atoms with E-state index in [0.717, 1.165) is 16.7 Å². The molecule has 0 atom stereocenters. The molecule has 0 aliphatic rings. The van der Waals surface area contributed by atoms with E-state index < -0.39 is 10.0 Å². The van der Waals surface area contributed by atoms with E-state index in [4.69, 9.17) is 4.74 Å². The molecule has 0 aliphatic carbocycles. The van der Waals surface area contributed by atoms with Gasteiger partial charge < -0.3 is 10.1 Å². The molecular weight excluding hydrogens is 400 g/mol. The van der Waals surface area contributed by atoms with Gasteiger partial charge in [-0.15, -0.1) is 0 Å². The average Bonchev–Trinajstić information content (AvgIpc) is 2.71. The van der Waals surface area contributed by atoms with Crippen molar-refractivity contribution in [2.75, 3.05) is 17.1 Å². The predicted octanol–water partition coefficient (Wildman–Crippen LogP) is 4.67. The lowest BCUT2D eigenvalue weighted by atomic mass is 10.1. The fourth-order valence-corrected chi connectivity index (χ4v) is 4.05. The molecule has 0 heterocycles. The number of anilines is 2. The van der Waals surface area contributed by atoms with E-state index in [0.29, 0.717) is 17.0 Å². The van der Waals surface area contributed by atoms with Gasteiger partial charge in [0, 0.05) is 5.56 Å². The van der Waals surface area contributed by atoms with Crippen LogP contribution in [-0.4, -0.2) is 21.4 Å². The molecule has 3 aromatic carbocycles. The van der Waals surface area contributed by atoms with Gasteiger partial charge >= 0.3 is 0 Å². The van der Waals surface area contributed by atoms with Crippen LogP contribution in [0.4, 0.5) is 11.4 Å². The van der Waals surface area contributed by atoms with Crippen LogP contribution in [0, 0.1) is 20.8 Å². The Balaban J connectivity index is 1.92. The number of nitrogens with one attached hydrogen (secondary N) is 2. The largest absolute Gasteiger partial charge is 0.495 e. The number of methoxy groups -OCH3 is 1. The van der Waals surface area contributed by atoms with Gasteiger partial charge in [0.1, 0.15) is 5.75 Å². The molecule has 0 spiro atoms. The Morgan fingerprint density at radius 3 is 2.17 bits per heavy atom. The van der Waals surface area contributed by atoms with Crippen molar-refractivity contribution >= 4 is 27.3 Å². The number of sulfonamides is 1. The number of carbonyl (C=O) groups excluding carboxylic acids is 1. The third-order valence-corrected chi connectivity index (χ3v) is 6.04. The molecular formula is C23H24N2O4S. The van der Waals surface area contributed by atoms with Gasteiger partial charge in [0.05, 0.1) is 23.4 Å². The Morgan fingerprint density at radius 2 is 1.50 bits per heavy atom. The van der Waals surface area contributed by atoms with Crippen LogP contribution in [0.3, 0.4) is 0 Å². The number of ether oxygens (including phenoxy) is 1. The summed E-state index contributed by atoms with van der Waals surface area (Å²) in [6.45, 7) is 5.66. The Bertz CT molecular complexity index is 1190. The molecule has 2 N–H and O–H groups in total. The van der Waals surface area contributed by atoms with E-state index in [9.17, 15) is 13.2 Å². The summed E-state index contributed by atoms with van der Waals surface area (Å²) in [5.74, 6) is 0.00600. The Kier molecular flexibility index (Phi) is 6.12.